The van der Waals surface area contributed by atoms with Crippen LogP contribution in [0.4, 0.5) is 0 Å². The Morgan fingerprint density at radius 1 is 1.44 bits per heavy atom. The molecule has 136 valence electrons. The van der Waals surface area contributed by atoms with Crippen LogP contribution in [0.15, 0.2) is 24.3 Å². The summed E-state index contributed by atoms with van der Waals surface area (Å²) in [5.41, 5.74) is 0.830. The van der Waals surface area contributed by atoms with Gasteiger partial charge in [-0.1, -0.05) is 31.9 Å². The summed E-state index contributed by atoms with van der Waals surface area (Å²) >= 11 is 0. The van der Waals surface area contributed by atoms with E-state index in [2.05, 4.69) is 11.6 Å². The van der Waals surface area contributed by atoms with Crippen LogP contribution in [0.5, 0.6) is 0 Å². The third-order valence-corrected chi connectivity index (χ3v) is 5.55. The number of nitrogens with one attached hydrogen (secondary N) is 1. The predicted molar refractivity (Wildman–Crippen MR) is 93.9 cm³/mol. The van der Waals surface area contributed by atoms with Crippen molar-refractivity contribution in [3.63, 3.8) is 0 Å². The maximum absolute atomic E-state index is 12.2. The van der Waals surface area contributed by atoms with E-state index < -0.39 is 22.0 Å². The molecule has 3 atom stereocenters. The Morgan fingerprint density at radius 2 is 2.20 bits per heavy atom. The Hall–Kier alpha value is -1.91. The van der Waals surface area contributed by atoms with Crippen molar-refractivity contribution in [1.29, 1.82) is 5.26 Å². The maximum Gasteiger partial charge on any atom is 0.262 e. The zero-order valence-corrected chi connectivity index (χ0v) is 15.4. The van der Waals surface area contributed by atoms with Crippen molar-refractivity contribution in [2.75, 3.05) is 0 Å². The predicted octanol–water partition coefficient (Wildman–Crippen LogP) is 2.49. The van der Waals surface area contributed by atoms with Gasteiger partial charge in [0, 0.05) is 0 Å². The van der Waals surface area contributed by atoms with Gasteiger partial charge in [-0.05, 0) is 43.4 Å². The number of rotatable bonds is 6. The minimum absolute atomic E-state index is 0.000450. The standard InChI is InChI=1S/C18H24N2O4S/c1-13-5-3-8-17(9-13)24-14(2)18(21)20-25(22,23)12-16-7-4-6-15(10-16)11-19/h4,6-7,10,13-14,17H,3,5,8-9,12H2,1-2H3,(H,20,21)/t13-,14-,17+/m1/s1. The van der Waals surface area contributed by atoms with Crippen LogP contribution in [-0.4, -0.2) is 26.5 Å². The van der Waals surface area contributed by atoms with Crippen LogP contribution in [0.25, 0.3) is 0 Å². The fourth-order valence-corrected chi connectivity index (χ4v) is 4.24. The molecule has 0 heterocycles. The van der Waals surface area contributed by atoms with Gasteiger partial charge < -0.3 is 4.74 Å². The van der Waals surface area contributed by atoms with Crippen molar-refractivity contribution in [3.05, 3.63) is 35.4 Å². The number of amides is 1. The molecular weight excluding hydrogens is 340 g/mol. The first-order chi connectivity index (χ1) is 11.8. The Morgan fingerprint density at radius 3 is 2.88 bits per heavy atom. The average molecular weight is 364 g/mol. The molecule has 25 heavy (non-hydrogen) atoms. The molecule has 0 bridgehead atoms. The third kappa shape index (κ3) is 6.15. The van der Waals surface area contributed by atoms with Crippen LogP contribution < -0.4 is 4.72 Å². The number of hydrogen-bond donors (Lipinski definition) is 1. The highest BCUT2D eigenvalue weighted by Crippen LogP contribution is 2.26. The molecule has 0 aliphatic heterocycles. The highest BCUT2D eigenvalue weighted by atomic mass is 32.2. The number of nitriles is 1. The first-order valence-corrected chi connectivity index (χ1v) is 10.1. The number of nitrogens with zero attached hydrogens (tertiary/aromatic N) is 1. The summed E-state index contributed by atoms with van der Waals surface area (Å²) in [6.45, 7) is 3.72. The van der Waals surface area contributed by atoms with Crippen molar-refractivity contribution in [3.8, 4) is 6.07 Å². The number of carbonyl (C=O) groups excluding carboxylic acids is 1. The smallest absolute Gasteiger partial charge is 0.262 e. The van der Waals surface area contributed by atoms with Crippen molar-refractivity contribution in [1.82, 2.24) is 4.72 Å². The molecule has 2 rings (SSSR count). The molecule has 0 aromatic heterocycles. The first-order valence-electron chi connectivity index (χ1n) is 8.48. The highest BCUT2D eigenvalue weighted by Gasteiger charge is 2.26. The average Bonchev–Trinajstić information content (AvgIpc) is 2.54. The second-order valence-electron chi connectivity index (χ2n) is 6.71. The van der Waals surface area contributed by atoms with E-state index in [1.165, 1.54) is 6.07 Å². The molecule has 1 N–H and O–H groups in total. The SMILES string of the molecule is C[C@@H]1CCC[C@H](O[C@H](C)C(=O)NS(=O)(=O)Cc2cccc(C#N)c2)C1. The summed E-state index contributed by atoms with van der Waals surface area (Å²) in [5, 5.41) is 8.87. The van der Waals surface area contributed by atoms with E-state index in [9.17, 15) is 13.2 Å². The molecule has 1 aromatic carbocycles. The van der Waals surface area contributed by atoms with Crippen molar-refractivity contribution < 1.29 is 17.9 Å². The lowest BCUT2D eigenvalue weighted by atomic mass is 9.88. The summed E-state index contributed by atoms with van der Waals surface area (Å²) in [6.07, 6.45) is 3.20. The van der Waals surface area contributed by atoms with Crippen LogP contribution in [-0.2, 0) is 25.3 Å². The molecule has 1 amide bonds. The van der Waals surface area contributed by atoms with E-state index in [1.54, 1.807) is 25.1 Å². The quantitative estimate of drug-likeness (QED) is 0.836. The van der Waals surface area contributed by atoms with E-state index in [-0.39, 0.29) is 11.9 Å². The highest BCUT2D eigenvalue weighted by molar-refractivity contribution is 7.89. The van der Waals surface area contributed by atoms with Crippen molar-refractivity contribution in [2.24, 2.45) is 5.92 Å². The van der Waals surface area contributed by atoms with Crippen LogP contribution in [0.1, 0.15) is 50.7 Å². The van der Waals surface area contributed by atoms with Crippen molar-refractivity contribution in [2.45, 2.75) is 57.5 Å². The summed E-state index contributed by atoms with van der Waals surface area (Å²) < 4.78 is 32.2. The van der Waals surface area contributed by atoms with Gasteiger partial charge in [-0.25, -0.2) is 8.42 Å². The Kier molecular flexibility index (Phi) is 6.57. The van der Waals surface area contributed by atoms with Gasteiger partial charge in [-0.15, -0.1) is 0 Å². The van der Waals surface area contributed by atoms with Crippen LogP contribution in [0.3, 0.4) is 0 Å². The van der Waals surface area contributed by atoms with Crippen LogP contribution in [0.2, 0.25) is 0 Å². The normalized spacial score (nSPS) is 22.0. The molecule has 0 radical (unpaired) electrons. The second kappa shape index (κ2) is 8.45. The van der Waals surface area contributed by atoms with E-state index in [0.29, 0.717) is 17.0 Å². The zero-order valence-electron chi connectivity index (χ0n) is 14.6. The van der Waals surface area contributed by atoms with E-state index >= 15 is 0 Å². The van der Waals surface area contributed by atoms with Crippen LogP contribution in [0, 0.1) is 17.2 Å². The summed E-state index contributed by atoms with van der Waals surface area (Å²) in [5.74, 6) is -0.457. The molecule has 7 heteroatoms. The Balaban J connectivity index is 1.92. The largest absolute Gasteiger partial charge is 0.365 e. The maximum atomic E-state index is 12.2. The molecule has 1 saturated carbocycles. The van der Waals surface area contributed by atoms with E-state index in [0.717, 1.165) is 25.7 Å². The fourth-order valence-electron chi connectivity index (χ4n) is 3.07. The first kappa shape index (κ1) is 19.4. The van der Waals surface area contributed by atoms with Gasteiger partial charge >= 0.3 is 0 Å². The molecule has 0 saturated heterocycles. The molecule has 1 aliphatic rings. The molecule has 6 nitrogen and oxygen atoms in total. The summed E-state index contributed by atoms with van der Waals surface area (Å²) in [7, 11) is -3.84. The number of benzene rings is 1. The zero-order chi connectivity index (χ0) is 18.4. The van der Waals surface area contributed by atoms with Gasteiger partial charge in [0.05, 0.1) is 23.5 Å². The summed E-state index contributed by atoms with van der Waals surface area (Å²) in [6, 6.07) is 8.26. The monoisotopic (exact) mass is 364 g/mol. The molecule has 1 aliphatic carbocycles. The van der Waals surface area contributed by atoms with Gasteiger partial charge in [-0.3, -0.25) is 9.52 Å². The van der Waals surface area contributed by atoms with E-state index in [4.69, 9.17) is 10.00 Å². The second-order valence-corrected chi connectivity index (χ2v) is 8.43. The van der Waals surface area contributed by atoms with Gasteiger partial charge in [0.2, 0.25) is 10.0 Å². The molecule has 0 unspecified atom stereocenters. The number of ether oxygens (including phenoxy) is 1. The third-order valence-electron chi connectivity index (χ3n) is 4.32. The summed E-state index contributed by atoms with van der Waals surface area (Å²) in [4.78, 5) is 12.2. The Labute approximate surface area is 149 Å². The lowest BCUT2D eigenvalue weighted by molar-refractivity contribution is -0.135. The molecular formula is C18H24N2O4S. The van der Waals surface area contributed by atoms with Gasteiger partial charge in [0.25, 0.3) is 5.91 Å². The van der Waals surface area contributed by atoms with Gasteiger partial charge in [-0.2, -0.15) is 5.26 Å². The van der Waals surface area contributed by atoms with Gasteiger partial charge in [0.15, 0.2) is 0 Å². The topological polar surface area (TPSA) is 96.3 Å². The molecule has 1 aromatic rings. The van der Waals surface area contributed by atoms with Gasteiger partial charge in [0.1, 0.15) is 6.10 Å². The van der Waals surface area contributed by atoms with Crippen molar-refractivity contribution >= 4 is 15.9 Å². The fraction of sp³-hybridized carbons (Fsp3) is 0.556. The minimum atomic E-state index is -3.84. The number of carbonyl (C=O) groups is 1. The number of sulfonamides is 1. The van der Waals surface area contributed by atoms with Crippen LogP contribution >= 0.6 is 0 Å². The molecule has 0 spiro atoms. The lowest BCUT2D eigenvalue weighted by Gasteiger charge is -2.28. The lowest BCUT2D eigenvalue weighted by Crippen LogP contribution is -2.41. The minimum Gasteiger partial charge on any atom is -0.365 e. The number of hydrogen-bond acceptors (Lipinski definition) is 5. The molecule has 1 fully saturated rings. The van der Waals surface area contributed by atoms with E-state index in [1.807, 2.05) is 6.07 Å². The Bertz CT molecular complexity index is 755.